The monoisotopic (exact) mass is 309 g/mol. The van der Waals surface area contributed by atoms with E-state index < -0.39 is 0 Å². The maximum atomic E-state index is 5.40. The van der Waals surface area contributed by atoms with E-state index in [1.54, 1.807) is 7.11 Å². The van der Waals surface area contributed by atoms with Gasteiger partial charge in [-0.2, -0.15) is 0 Å². The zero-order chi connectivity index (χ0) is 13.1. The number of imidazole rings is 1. The molecule has 1 aromatic heterocycles. The van der Waals surface area contributed by atoms with Crippen molar-refractivity contribution in [2.75, 3.05) is 14.2 Å². The average Bonchev–Trinajstić information content (AvgIpc) is 2.65. The smallest absolute Gasteiger partial charge is 0.132 e. The quantitative estimate of drug-likeness (QED) is 0.943. The van der Waals surface area contributed by atoms with Crippen molar-refractivity contribution in [3.8, 4) is 17.0 Å². The predicted octanol–water partition coefficient (Wildman–Crippen LogP) is 2.58. The summed E-state index contributed by atoms with van der Waals surface area (Å²) < 4.78 is 8.30. The Bertz CT molecular complexity index is 551. The second-order valence-electron chi connectivity index (χ2n) is 3.96. The summed E-state index contributed by atoms with van der Waals surface area (Å²) in [5.74, 6) is 1.82. The third-order valence-corrected chi connectivity index (χ3v) is 3.40. The van der Waals surface area contributed by atoms with Gasteiger partial charge in [0.25, 0.3) is 0 Å². The molecule has 5 heteroatoms. The van der Waals surface area contributed by atoms with Crippen LogP contribution in [-0.2, 0) is 13.6 Å². The lowest BCUT2D eigenvalue weighted by Crippen LogP contribution is -2.10. The molecule has 96 valence electrons. The third kappa shape index (κ3) is 2.28. The van der Waals surface area contributed by atoms with E-state index in [1.165, 1.54) is 0 Å². The molecule has 0 unspecified atom stereocenters. The SMILES string of the molecule is CNCc1nc(Br)c(-c2ccccc2OC)n1C. The standard InChI is InChI=1S/C13H16BrN3O/c1-15-8-11-16-13(14)12(17(11)2)9-6-4-5-7-10(9)18-3/h4-7,15H,8H2,1-3H3. The lowest BCUT2D eigenvalue weighted by Gasteiger charge is -2.10. The van der Waals surface area contributed by atoms with Gasteiger partial charge in [-0.3, -0.25) is 0 Å². The van der Waals surface area contributed by atoms with Crippen LogP contribution in [-0.4, -0.2) is 23.7 Å². The predicted molar refractivity (Wildman–Crippen MR) is 75.7 cm³/mol. The van der Waals surface area contributed by atoms with Crippen molar-refractivity contribution in [2.45, 2.75) is 6.54 Å². The molecule has 0 saturated heterocycles. The van der Waals surface area contributed by atoms with Gasteiger partial charge in [-0.15, -0.1) is 0 Å². The molecular formula is C13H16BrN3O. The van der Waals surface area contributed by atoms with Gasteiger partial charge in [-0.1, -0.05) is 12.1 Å². The van der Waals surface area contributed by atoms with Crippen LogP contribution in [0.25, 0.3) is 11.3 Å². The maximum absolute atomic E-state index is 5.40. The minimum Gasteiger partial charge on any atom is -0.496 e. The van der Waals surface area contributed by atoms with Gasteiger partial charge in [-0.05, 0) is 35.1 Å². The molecule has 1 heterocycles. The summed E-state index contributed by atoms with van der Waals surface area (Å²) in [6, 6.07) is 7.94. The second-order valence-corrected chi connectivity index (χ2v) is 4.71. The third-order valence-electron chi connectivity index (χ3n) is 2.84. The number of benzene rings is 1. The maximum Gasteiger partial charge on any atom is 0.132 e. The number of aromatic nitrogens is 2. The normalized spacial score (nSPS) is 10.7. The first-order valence-corrected chi connectivity index (χ1v) is 6.47. The molecule has 0 spiro atoms. The highest BCUT2D eigenvalue weighted by Crippen LogP contribution is 2.34. The molecule has 2 aromatic rings. The fourth-order valence-electron chi connectivity index (χ4n) is 1.96. The number of hydrogen-bond donors (Lipinski definition) is 1. The van der Waals surface area contributed by atoms with Crippen LogP contribution in [0, 0.1) is 0 Å². The number of methoxy groups -OCH3 is 1. The van der Waals surface area contributed by atoms with Gasteiger partial charge in [0.1, 0.15) is 16.2 Å². The first kappa shape index (κ1) is 13.1. The van der Waals surface area contributed by atoms with Crippen molar-refractivity contribution < 1.29 is 4.74 Å². The lowest BCUT2D eigenvalue weighted by molar-refractivity contribution is 0.416. The molecule has 0 amide bonds. The molecule has 4 nitrogen and oxygen atoms in total. The van der Waals surface area contributed by atoms with Gasteiger partial charge in [0.05, 0.1) is 19.3 Å². The molecule has 0 radical (unpaired) electrons. The van der Waals surface area contributed by atoms with Crippen LogP contribution in [0.1, 0.15) is 5.82 Å². The Morgan fingerprint density at radius 1 is 1.39 bits per heavy atom. The van der Waals surface area contributed by atoms with E-state index in [-0.39, 0.29) is 0 Å². The number of halogens is 1. The number of nitrogens with one attached hydrogen (secondary N) is 1. The lowest BCUT2D eigenvalue weighted by atomic mass is 10.1. The van der Waals surface area contributed by atoms with Crippen molar-refractivity contribution >= 4 is 15.9 Å². The Hall–Kier alpha value is -1.33. The Morgan fingerprint density at radius 3 is 2.78 bits per heavy atom. The molecular weight excluding hydrogens is 294 g/mol. The van der Waals surface area contributed by atoms with Crippen molar-refractivity contribution in [3.05, 3.63) is 34.7 Å². The van der Waals surface area contributed by atoms with Crippen molar-refractivity contribution in [2.24, 2.45) is 7.05 Å². The molecule has 0 fully saturated rings. The van der Waals surface area contributed by atoms with E-state index >= 15 is 0 Å². The average molecular weight is 310 g/mol. The van der Waals surface area contributed by atoms with Gasteiger partial charge < -0.3 is 14.6 Å². The van der Waals surface area contributed by atoms with E-state index in [1.807, 2.05) is 38.4 Å². The molecule has 1 aromatic carbocycles. The fourth-order valence-corrected chi connectivity index (χ4v) is 2.64. The van der Waals surface area contributed by atoms with Gasteiger partial charge >= 0.3 is 0 Å². The van der Waals surface area contributed by atoms with Gasteiger partial charge in [0.2, 0.25) is 0 Å². The number of nitrogens with zero attached hydrogens (tertiary/aromatic N) is 2. The number of ether oxygens (including phenoxy) is 1. The summed E-state index contributed by atoms with van der Waals surface area (Å²) in [6.45, 7) is 0.726. The van der Waals surface area contributed by atoms with Crippen LogP contribution in [0.2, 0.25) is 0 Å². The topological polar surface area (TPSA) is 39.1 Å². The molecule has 0 atom stereocenters. The summed E-state index contributed by atoms with van der Waals surface area (Å²) in [5.41, 5.74) is 2.06. The highest BCUT2D eigenvalue weighted by atomic mass is 79.9. The molecule has 0 aliphatic heterocycles. The Kier molecular flexibility index (Phi) is 4.04. The van der Waals surface area contributed by atoms with E-state index in [4.69, 9.17) is 4.74 Å². The van der Waals surface area contributed by atoms with E-state index in [2.05, 4.69) is 30.8 Å². The zero-order valence-electron chi connectivity index (χ0n) is 10.7. The highest BCUT2D eigenvalue weighted by molar-refractivity contribution is 9.10. The molecule has 0 saturated carbocycles. The first-order valence-electron chi connectivity index (χ1n) is 5.68. The van der Waals surface area contributed by atoms with E-state index in [0.29, 0.717) is 0 Å². The minimum absolute atomic E-state index is 0.726. The number of hydrogen-bond acceptors (Lipinski definition) is 3. The Morgan fingerprint density at radius 2 is 2.11 bits per heavy atom. The first-order chi connectivity index (χ1) is 8.69. The van der Waals surface area contributed by atoms with Crippen LogP contribution in [0.15, 0.2) is 28.9 Å². The van der Waals surface area contributed by atoms with Gasteiger partial charge in [0.15, 0.2) is 0 Å². The van der Waals surface area contributed by atoms with Crippen molar-refractivity contribution in [1.29, 1.82) is 0 Å². The van der Waals surface area contributed by atoms with Crippen LogP contribution in [0.3, 0.4) is 0 Å². The molecule has 0 aliphatic rings. The highest BCUT2D eigenvalue weighted by Gasteiger charge is 2.16. The molecule has 2 rings (SSSR count). The van der Waals surface area contributed by atoms with Crippen molar-refractivity contribution in [3.63, 3.8) is 0 Å². The minimum atomic E-state index is 0.726. The van der Waals surface area contributed by atoms with Crippen LogP contribution < -0.4 is 10.1 Å². The Balaban J connectivity index is 2.57. The van der Waals surface area contributed by atoms with Crippen LogP contribution in [0.4, 0.5) is 0 Å². The Labute approximate surface area is 115 Å². The van der Waals surface area contributed by atoms with Crippen LogP contribution >= 0.6 is 15.9 Å². The summed E-state index contributed by atoms with van der Waals surface area (Å²) in [6.07, 6.45) is 0. The molecule has 0 aliphatic carbocycles. The molecule has 0 bridgehead atoms. The van der Waals surface area contributed by atoms with E-state index in [0.717, 1.165) is 34.0 Å². The second kappa shape index (κ2) is 5.54. The van der Waals surface area contributed by atoms with Gasteiger partial charge in [0, 0.05) is 12.6 Å². The van der Waals surface area contributed by atoms with Crippen LogP contribution in [0.5, 0.6) is 5.75 Å². The van der Waals surface area contributed by atoms with Crippen molar-refractivity contribution in [1.82, 2.24) is 14.9 Å². The summed E-state index contributed by atoms with van der Waals surface area (Å²) in [7, 11) is 5.59. The molecule has 1 N–H and O–H groups in total. The number of para-hydroxylation sites is 1. The number of rotatable bonds is 4. The summed E-state index contributed by atoms with van der Waals surface area (Å²) in [4.78, 5) is 4.51. The largest absolute Gasteiger partial charge is 0.496 e. The summed E-state index contributed by atoms with van der Waals surface area (Å²) in [5, 5.41) is 3.11. The zero-order valence-corrected chi connectivity index (χ0v) is 12.3. The van der Waals surface area contributed by atoms with E-state index in [9.17, 15) is 0 Å². The molecule has 18 heavy (non-hydrogen) atoms. The summed E-state index contributed by atoms with van der Waals surface area (Å²) >= 11 is 3.52. The fraction of sp³-hybridized carbons (Fsp3) is 0.308. The van der Waals surface area contributed by atoms with Gasteiger partial charge in [-0.25, -0.2) is 4.98 Å².